The van der Waals surface area contributed by atoms with E-state index in [1.807, 2.05) is 62.4 Å². The van der Waals surface area contributed by atoms with E-state index in [0.717, 1.165) is 22.3 Å². The van der Waals surface area contributed by atoms with Crippen molar-refractivity contribution in [3.63, 3.8) is 0 Å². The van der Waals surface area contributed by atoms with Crippen LogP contribution in [0.15, 0.2) is 67.1 Å². The first-order chi connectivity index (χ1) is 15.1. The highest BCUT2D eigenvalue weighted by molar-refractivity contribution is 5.95. The average Bonchev–Trinajstić information content (AvgIpc) is 3.25. The van der Waals surface area contributed by atoms with Gasteiger partial charge in [0.15, 0.2) is 5.82 Å². The number of para-hydroxylation sites is 1. The molecule has 0 radical (unpaired) electrons. The number of carbonyl (C=O) groups excluding carboxylic acids is 1. The zero-order valence-electron chi connectivity index (χ0n) is 17.7. The molecular weight excluding hydrogens is 390 g/mol. The van der Waals surface area contributed by atoms with Gasteiger partial charge in [0.2, 0.25) is 0 Å². The molecule has 0 aliphatic heterocycles. The van der Waals surface area contributed by atoms with Crippen LogP contribution in [0.4, 0.5) is 0 Å². The van der Waals surface area contributed by atoms with Gasteiger partial charge in [0.25, 0.3) is 5.91 Å². The molecular formula is C24H25N5O2. The summed E-state index contributed by atoms with van der Waals surface area (Å²) in [5, 5.41) is 8.42. The number of hydrogen-bond donors (Lipinski definition) is 1. The lowest BCUT2D eigenvalue weighted by molar-refractivity contribution is 0.0950. The molecule has 0 saturated heterocycles. The van der Waals surface area contributed by atoms with E-state index < -0.39 is 0 Å². The summed E-state index contributed by atoms with van der Waals surface area (Å²) < 4.78 is 7.62. The third kappa shape index (κ3) is 4.55. The van der Waals surface area contributed by atoms with Crippen LogP contribution in [0.1, 0.15) is 42.2 Å². The zero-order valence-corrected chi connectivity index (χ0v) is 17.7. The minimum absolute atomic E-state index is 0.118. The van der Waals surface area contributed by atoms with Crippen molar-refractivity contribution >= 4 is 16.8 Å². The van der Waals surface area contributed by atoms with Gasteiger partial charge in [-0.3, -0.25) is 9.78 Å². The lowest BCUT2D eigenvalue weighted by Crippen LogP contribution is -2.26. The standard InChI is InChI=1S/C24H25N5O2/c1-17(2)23-19(16-28-29(23)21-11-3-4-12-25-21)24(30)27-14-7-15-31-20-10-5-8-18-9-6-13-26-22(18)20/h3-6,8-13,16-17H,7,14-15H2,1-2H3,(H,27,30). The number of carbonyl (C=O) groups is 1. The fourth-order valence-electron chi connectivity index (χ4n) is 3.49. The highest BCUT2D eigenvalue weighted by Crippen LogP contribution is 2.23. The van der Waals surface area contributed by atoms with Crippen molar-refractivity contribution in [3.05, 3.63) is 78.4 Å². The highest BCUT2D eigenvalue weighted by Gasteiger charge is 2.21. The normalized spacial score (nSPS) is 11.1. The SMILES string of the molecule is CC(C)c1c(C(=O)NCCCOc2cccc3cccnc23)cnn1-c1ccccn1. The average molecular weight is 415 g/mol. The van der Waals surface area contributed by atoms with E-state index in [0.29, 0.717) is 31.0 Å². The maximum absolute atomic E-state index is 12.8. The van der Waals surface area contributed by atoms with Crippen LogP contribution in [0.3, 0.4) is 0 Å². The third-order valence-electron chi connectivity index (χ3n) is 4.92. The number of hydrogen-bond acceptors (Lipinski definition) is 5. The van der Waals surface area contributed by atoms with Gasteiger partial charge >= 0.3 is 0 Å². The van der Waals surface area contributed by atoms with Crippen LogP contribution in [0.5, 0.6) is 5.75 Å². The predicted molar refractivity (Wildman–Crippen MR) is 120 cm³/mol. The van der Waals surface area contributed by atoms with Gasteiger partial charge in [-0.1, -0.05) is 38.1 Å². The Morgan fingerprint density at radius 1 is 1.06 bits per heavy atom. The Hall–Kier alpha value is -3.74. The molecule has 0 aliphatic rings. The summed E-state index contributed by atoms with van der Waals surface area (Å²) >= 11 is 0. The molecule has 0 atom stereocenters. The quantitative estimate of drug-likeness (QED) is 0.438. The number of nitrogens with one attached hydrogen (secondary N) is 1. The third-order valence-corrected chi connectivity index (χ3v) is 4.92. The minimum Gasteiger partial charge on any atom is -0.491 e. The number of amides is 1. The molecule has 7 nitrogen and oxygen atoms in total. The number of nitrogens with zero attached hydrogens (tertiary/aromatic N) is 4. The Labute approximate surface area is 181 Å². The molecule has 7 heteroatoms. The molecule has 1 aromatic carbocycles. The highest BCUT2D eigenvalue weighted by atomic mass is 16.5. The van der Waals surface area contributed by atoms with E-state index >= 15 is 0 Å². The number of benzene rings is 1. The van der Waals surface area contributed by atoms with Gasteiger partial charge in [0.1, 0.15) is 11.3 Å². The largest absolute Gasteiger partial charge is 0.491 e. The molecule has 1 amide bonds. The lowest BCUT2D eigenvalue weighted by atomic mass is 10.1. The Morgan fingerprint density at radius 3 is 2.71 bits per heavy atom. The number of rotatable bonds is 8. The van der Waals surface area contributed by atoms with Crippen LogP contribution < -0.4 is 10.1 Å². The maximum Gasteiger partial charge on any atom is 0.254 e. The van der Waals surface area contributed by atoms with Crippen LogP contribution in [0, 0.1) is 0 Å². The molecule has 0 spiro atoms. The number of aromatic nitrogens is 4. The van der Waals surface area contributed by atoms with Gasteiger partial charge in [-0.2, -0.15) is 5.10 Å². The van der Waals surface area contributed by atoms with Crippen molar-refractivity contribution in [2.75, 3.05) is 13.2 Å². The van der Waals surface area contributed by atoms with Crippen LogP contribution in [0.25, 0.3) is 16.7 Å². The zero-order chi connectivity index (χ0) is 21.6. The first-order valence-electron chi connectivity index (χ1n) is 10.4. The first kappa shape index (κ1) is 20.5. The Bertz CT molecular complexity index is 1170. The van der Waals surface area contributed by atoms with Gasteiger partial charge in [-0.25, -0.2) is 9.67 Å². The van der Waals surface area contributed by atoms with E-state index in [-0.39, 0.29) is 11.8 Å². The van der Waals surface area contributed by atoms with Gasteiger partial charge in [0, 0.05) is 24.3 Å². The van der Waals surface area contributed by atoms with E-state index in [9.17, 15) is 4.79 Å². The smallest absolute Gasteiger partial charge is 0.254 e. The van der Waals surface area contributed by atoms with Crippen LogP contribution in [-0.4, -0.2) is 38.8 Å². The lowest BCUT2D eigenvalue weighted by Gasteiger charge is -2.12. The molecule has 3 heterocycles. The second-order valence-corrected chi connectivity index (χ2v) is 7.49. The van der Waals surface area contributed by atoms with Crippen LogP contribution in [0.2, 0.25) is 0 Å². The van der Waals surface area contributed by atoms with E-state index in [4.69, 9.17) is 4.74 Å². The summed E-state index contributed by atoms with van der Waals surface area (Å²) in [5.74, 6) is 1.43. The molecule has 3 aromatic heterocycles. The minimum atomic E-state index is -0.141. The van der Waals surface area contributed by atoms with E-state index in [1.165, 1.54) is 0 Å². The second kappa shape index (κ2) is 9.38. The van der Waals surface area contributed by atoms with Gasteiger partial charge in [-0.15, -0.1) is 0 Å². The summed E-state index contributed by atoms with van der Waals surface area (Å²) in [4.78, 5) is 21.5. The summed E-state index contributed by atoms with van der Waals surface area (Å²) in [6, 6.07) is 15.4. The molecule has 0 fully saturated rings. The summed E-state index contributed by atoms with van der Waals surface area (Å²) in [6.45, 7) is 5.07. The molecule has 0 bridgehead atoms. The van der Waals surface area contributed by atoms with E-state index in [1.54, 1.807) is 23.3 Å². The Kier molecular flexibility index (Phi) is 6.21. The number of pyridine rings is 2. The number of fused-ring (bicyclic) bond motifs is 1. The monoisotopic (exact) mass is 415 g/mol. The van der Waals surface area contributed by atoms with Crippen molar-refractivity contribution < 1.29 is 9.53 Å². The van der Waals surface area contributed by atoms with Gasteiger partial charge < -0.3 is 10.1 Å². The second-order valence-electron chi connectivity index (χ2n) is 7.49. The fourth-order valence-corrected chi connectivity index (χ4v) is 3.49. The van der Waals surface area contributed by atoms with Crippen molar-refractivity contribution in [2.24, 2.45) is 0 Å². The topological polar surface area (TPSA) is 81.9 Å². The molecule has 158 valence electrons. The molecule has 0 aliphatic carbocycles. The predicted octanol–water partition coefficient (Wildman–Crippen LogP) is 4.14. The van der Waals surface area contributed by atoms with Crippen molar-refractivity contribution in [1.82, 2.24) is 25.1 Å². The molecule has 1 N–H and O–H groups in total. The molecule has 4 aromatic rings. The molecule has 0 unspecified atom stereocenters. The van der Waals surface area contributed by atoms with Crippen molar-refractivity contribution in [1.29, 1.82) is 0 Å². The first-order valence-corrected chi connectivity index (χ1v) is 10.4. The fraction of sp³-hybridized carbons (Fsp3) is 0.250. The summed E-state index contributed by atoms with van der Waals surface area (Å²) in [5.41, 5.74) is 2.26. The van der Waals surface area contributed by atoms with Crippen LogP contribution >= 0.6 is 0 Å². The van der Waals surface area contributed by atoms with Gasteiger partial charge in [-0.05, 0) is 36.6 Å². The maximum atomic E-state index is 12.8. The molecule has 0 saturated carbocycles. The van der Waals surface area contributed by atoms with E-state index in [2.05, 4.69) is 20.4 Å². The summed E-state index contributed by atoms with van der Waals surface area (Å²) in [6.07, 6.45) is 5.76. The molecule has 4 rings (SSSR count). The van der Waals surface area contributed by atoms with Crippen molar-refractivity contribution in [3.8, 4) is 11.6 Å². The van der Waals surface area contributed by atoms with Crippen LogP contribution in [-0.2, 0) is 0 Å². The van der Waals surface area contributed by atoms with Gasteiger partial charge in [0.05, 0.1) is 24.1 Å². The van der Waals surface area contributed by atoms with Crippen molar-refractivity contribution in [2.45, 2.75) is 26.2 Å². The Morgan fingerprint density at radius 2 is 1.90 bits per heavy atom. The summed E-state index contributed by atoms with van der Waals surface area (Å²) in [7, 11) is 0. The Balaban J connectivity index is 1.35. The number of ether oxygens (including phenoxy) is 1. The molecule has 31 heavy (non-hydrogen) atoms.